The van der Waals surface area contributed by atoms with E-state index in [0.29, 0.717) is 11.0 Å². The van der Waals surface area contributed by atoms with Crippen molar-refractivity contribution in [2.45, 2.75) is 56.2 Å². The Balaban J connectivity index is 1.96. The second-order valence-corrected chi connectivity index (χ2v) is 10.3. The molecule has 192 valence electrons. The Bertz CT molecular complexity index is 1210. The van der Waals surface area contributed by atoms with Gasteiger partial charge in [0.25, 0.3) is 0 Å². The third-order valence-electron chi connectivity index (χ3n) is 6.59. The van der Waals surface area contributed by atoms with E-state index < -0.39 is 80.1 Å². The van der Waals surface area contributed by atoms with Gasteiger partial charge in [0.2, 0.25) is 12.3 Å². The summed E-state index contributed by atoms with van der Waals surface area (Å²) in [5.41, 5.74) is -11.6. The van der Waals surface area contributed by atoms with Gasteiger partial charge in [-0.25, -0.2) is 0 Å². The minimum Gasteiger partial charge on any atom is -0.365 e. The molecule has 2 aliphatic heterocycles. The molecule has 0 spiro atoms. The molecule has 8 nitrogen and oxygen atoms in total. The van der Waals surface area contributed by atoms with Crippen LogP contribution in [-0.4, -0.2) is 43.5 Å². The van der Waals surface area contributed by atoms with Gasteiger partial charge in [-0.1, -0.05) is 6.92 Å². The lowest BCUT2D eigenvalue weighted by molar-refractivity contribution is -0.138. The predicted molar refractivity (Wildman–Crippen MR) is 105 cm³/mol. The first kappa shape index (κ1) is 26.9. The van der Waals surface area contributed by atoms with Crippen molar-refractivity contribution in [3.63, 3.8) is 0 Å². The number of carbonyl (C=O) groups is 2. The smallest absolute Gasteiger partial charge is 0.365 e. The molecule has 0 aliphatic carbocycles. The Morgan fingerprint density at radius 3 is 2.31 bits per heavy atom. The van der Waals surface area contributed by atoms with Crippen LogP contribution in [0.3, 0.4) is 0 Å². The molecule has 1 aromatic carbocycles. The molecule has 4 unspecified atom stereocenters. The Labute approximate surface area is 195 Å². The number of nitrogens with zero attached hydrogens (tertiary/aromatic N) is 2. The van der Waals surface area contributed by atoms with Crippen molar-refractivity contribution in [2.24, 2.45) is 11.8 Å². The Hall–Kier alpha value is -2.70. The molecule has 15 heteroatoms. The van der Waals surface area contributed by atoms with E-state index in [1.807, 2.05) is 0 Å². The first-order valence-corrected chi connectivity index (χ1v) is 11.3. The van der Waals surface area contributed by atoms with E-state index in [4.69, 9.17) is 10.00 Å². The average molecular weight is 528 g/mol. The number of carbonyl (C=O) groups excluding carboxylic acids is 2. The Morgan fingerprint density at radius 2 is 1.86 bits per heavy atom. The highest BCUT2D eigenvalue weighted by Gasteiger charge is 2.70. The number of ether oxygens (including phenoxy) is 1. The number of alkyl halides is 6. The predicted octanol–water partition coefficient (Wildman–Crippen LogP) is 3.50. The monoisotopic (exact) mass is 528 g/mol. The van der Waals surface area contributed by atoms with E-state index >= 15 is 0 Å². The summed E-state index contributed by atoms with van der Waals surface area (Å²) in [6.45, 7) is 3.93. The number of nitriles is 1. The molecule has 2 bridgehead atoms. The van der Waals surface area contributed by atoms with Gasteiger partial charge in [0.15, 0.2) is 0 Å². The van der Waals surface area contributed by atoms with E-state index in [1.54, 1.807) is 0 Å². The van der Waals surface area contributed by atoms with Crippen molar-refractivity contribution in [1.82, 2.24) is 0 Å². The zero-order valence-electron chi connectivity index (χ0n) is 18.3. The minimum absolute atomic E-state index is 0.0314. The second-order valence-electron chi connectivity index (χ2n) is 8.71. The fourth-order valence-electron chi connectivity index (χ4n) is 4.83. The largest absolute Gasteiger partial charge is 0.523 e. The lowest BCUT2D eigenvalue weighted by Gasteiger charge is -2.39. The second kappa shape index (κ2) is 8.17. The molecule has 2 amide bonds. The number of hydrogen-bond donors (Lipinski definition) is 0. The number of halogens is 6. The molecule has 0 radical (unpaired) electrons. The van der Waals surface area contributed by atoms with E-state index in [9.17, 15) is 44.3 Å². The Morgan fingerprint density at radius 1 is 1.26 bits per heavy atom. The fraction of sp³-hybridized carbons (Fsp3) is 0.550. The van der Waals surface area contributed by atoms with E-state index in [1.165, 1.54) is 26.8 Å². The van der Waals surface area contributed by atoms with Gasteiger partial charge in [-0.05, 0) is 32.0 Å². The van der Waals surface area contributed by atoms with Gasteiger partial charge in [0, 0.05) is 12.3 Å². The van der Waals surface area contributed by atoms with Crippen molar-refractivity contribution >= 4 is 28.1 Å². The number of fused-ring (bicyclic) bond motifs is 2. The molecule has 5 atom stereocenters. The summed E-state index contributed by atoms with van der Waals surface area (Å²) in [5, 5.41) is 8.93. The van der Waals surface area contributed by atoms with Crippen LogP contribution in [0.1, 0.15) is 38.3 Å². The molecular formula is C20H18F6N2O6S. The van der Waals surface area contributed by atoms with E-state index in [-0.39, 0.29) is 6.41 Å². The van der Waals surface area contributed by atoms with Crippen LogP contribution in [0.4, 0.5) is 32.0 Å². The third-order valence-corrected chi connectivity index (χ3v) is 7.64. The normalized spacial score (nSPS) is 30.7. The molecule has 35 heavy (non-hydrogen) atoms. The van der Waals surface area contributed by atoms with Crippen molar-refractivity contribution in [3.8, 4) is 6.07 Å². The molecule has 2 fully saturated rings. The SMILES string of the molecule is CC1C(C(=O)N(C=O)c2ccc(C#N)c(C(F)(F)F)c2)C2(C)CC(OS(=O)(=O)C(F)(F)F)[C@]1(C)O2. The van der Waals surface area contributed by atoms with Gasteiger partial charge >= 0.3 is 21.8 Å². The first-order chi connectivity index (χ1) is 15.8. The van der Waals surface area contributed by atoms with Crippen molar-refractivity contribution in [3.05, 3.63) is 29.3 Å². The van der Waals surface area contributed by atoms with Crippen LogP contribution in [0, 0.1) is 23.2 Å². The maximum Gasteiger partial charge on any atom is 0.523 e. The van der Waals surface area contributed by atoms with Gasteiger partial charge in [-0.15, -0.1) is 0 Å². The van der Waals surface area contributed by atoms with Crippen molar-refractivity contribution in [1.29, 1.82) is 5.26 Å². The third kappa shape index (κ3) is 4.27. The van der Waals surface area contributed by atoms with E-state index in [2.05, 4.69) is 4.18 Å². The zero-order valence-corrected chi connectivity index (χ0v) is 19.1. The number of amides is 2. The summed E-state index contributed by atoms with van der Waals surface area (Å²) in [4.78, 5) is 25.5. The molecule has 2 saturated heterocycles. The fourth-order valence-corrected chi connectivity index (χ4v) is 5.51. The lowest BCUT2D eigenvalue weighted by atomic mass is 9.66. The molecule has 3 rings (SSSR count). The van der Waals surface area contributed by atoms with Crippen molar-refractivity contribution in [2.75, 3.05) is 4.90 Å². The van der Waals surface area contributed by atoms with Crippen LogP contribution < -0.4 is 4.90 Å². The van der Waals surface area contributed by atoms with Crippen LogP contribution >= 0.6 is 0 Å². The maximum atomic E-state index is 13.3. The summed E-state index contributed by atoms with van der Waals surface area (Å²) in [6, 6.07) is 3.58. The highest BCUT2D eigenvalue weighted by atomic mass is 32.2. The highest BCUT2D eigenvalue weighted by molar-refractivity contribution is 7.87. The van der Waals surface area contributed by atoms with Crippen molar-refractivity contribution < 1.29 is 53.3 Å². The molecule has 0 N–H and O–H groups in total. The molecular weight excluding hydrogens is 510 g/mol. The van der Waals surface area contributed by atoms with Gasteiger partial charge in [0.1, 0.15) is 6.10 Å². The standard InChI is InChI=1S/C20H18F6N2O6S/c1-10-15(17(2)7-14(18(10,3)34-17)33-35(31,32)20(24,25)26)16(30)28(9-29)12-5-4-11(8-27)13(6-12)19(21,22)23/h4-6,9-10,14-15H,7H2,1-3H3/t10?,14?,15?,17?,18-/m1/s1. The summed E-state index contributed by atoms with van der Waals surface area (Å²) < 4.78 is 112. The topological polar surface area (TPSA) is 114 Å². The van der Waals surface area contributed by atoms with Crippen LogP contribution in [-0.2, 0) is 34.8 Å². The molecule has 2 aliphatic rings. The number of hydrogen-bond acceptors (Lipinski definition) is 7. The summed E-state index contributed by atoms with van der Waals surface area (Å²) in [5.74, 6) is -3.28. The highest BCUT2D eigenvalue weighted by Crippen LogP contribution is 2.59. The number of imide groups is 1. The zero-order chi connectivity index (χ0) is 26.8. The average Bonchev–Trinajstić information content (AvgIpc) is 3.08. The minimum atomic E-state index is -5.98. The summed E-state index contributed by atoms with van der Waals surface area (Å²) in [6.07, 6.45) is -7.09. The van der Waals surface area contributed by atoms with Crippen LogP contribution in [0.5, 0.6) is 0 Å². The number of benzene rings is 1. The number of rotatable bonds is 5. The lowest BCUT2D eigenvalue weighted by Crippen LogP contribution is -2.54. The first-order valence-electron chi connectivity index (χ1n) is 9.92. The molecule has 0 saturated carbocycles. The van der Waals surface area contributed by atoms with Gasteiger partial charge in [-0.2, -0.15) is 40.0 Å². The van der Waals surface area contributed by atoms with E-state index in [0.717, 1.165) is 12.1 Å². The van der Waals surface area contributed by atoms with Crippen LogP contribution in [0.2, 0.25) is 0 Å². The van der Waals surface area contributed by atoms with Crippen LogP contribution in [0.15, 0.2) is 18.2 Å². The summed E-state index contributed by atoms with van der Waals surface area (Å²) >= 11 is 0. The molecule has 2 heterocycles. The quantitative estimate of drug-likeness (QED) is 0.249. The van der Waals surface area contributed by atoms with Crippen LogP contribution in [0.25, 0.3) is 0 Å². The van der Waals surface area contributed by atoms with Gasteiger partial charge < -0.3 is 4.74 Å². The Kier molecular flexibility index (Phi) is 6.28. The number of anilines is 1. The van der Waals surface area contributed by atoms with Gasteiger partial charge in [0.05, 0.1) is 40.0 Å². The molecule has 0 aromatic heterocycles. The van der Waals surface area contributed by atoms with Gasteiger partial charge in [-0.3, -0.25) is 18.7 Å². The summed E-state index contributed by atoms with van der Waals surface area (Å²) in [7, 11) is -5.98. The molecule has 1 aromatic rings. The maximum absolute atomic E-state index is 13.3.